The van der Waals surface area contributed by atoms with E-state index in [1.165, 1.54) is 0 Å². The zero-order chi connectivity index (χ0) is 7.40. The van der Waals surface area contributed by atoms with Crippen LogP contribution >= 0.6 is 0 Å². The summed E-state index contributed by atoms with van der Waals surface area (Å²) < 4.78 is 24.2. The van der Waals surface area contributed by atoms with Crippen LogP contribution in [0.2, 0.25) is 0 Å². The summed E-state index contributed by atoms with van der Waals surface area (Å²) in [5.74, 6) is 0.329. The predicted octanol–water partition coefficient (Wildman–Crippen LogP) is 1.29. The number of hydrogen-bond donors (Lipinski definition) is 0. The molecule has 0 fully saturated rings. The van der Waals surface area contributed by atoms with Gasteiger partial charge in [0.25, 0.3) is 0 Å². The van der Waals surface area contributed by atoms with Crippen molar-refractivity contribution in [3.63, 3.8) is 0 Å². The molecule has 0 atom stereocenters. The Morgan fingerprint density at radius 1 is 1.09 bits per heavy atom. The van der Waals surface area contributed by atoms with Crippen molar-refractivity contribution in [2.24, 2.45) is 0 Å². The van der Waals surface area contributed by atoms with Crippen LogP contribution in [0.1, 0.15) is 0 Å². The Kier molecular flexibility index (Phi) is 5.42. The van der Waals surface area contributed by atoms with E-state index in [-0.39, 0.29) is 26.2 Å². The minimum absolute atomic E-state index is 0. The van der Waals surface area contributed by atoms with Crippen molar-refractivity contribution in [3.05, 3.63) is 30.3 Å². The molecule has 0 aliphatic rings. The average molecular weight is 248 g/mol. The molecule has 1 rings (SSSR count). The zero-order valence-electron chi connectivity index (χ0n) is 5.52. The van der Waals surface area contributed by atoms with Gasteiger partial charge in [-0.25, -0.2) is 0 Å². The van der Waals surface area contributed by atoms with Gasteiger partial charge in [0.15, 0.2) is 0 Å². The zero-order valence-corrected chi connectivity index (χ0v) is 8.79. The Balaban J connectivity index is 0.000001000. The summed E-state index contributed by atoms with van der Waals surface area (Å²) in [5.41, 5.74) is 0. The molecule has 0 aliphatic heterocycles. The fourth-order valence-electron chi connectivity index (χ4n) is 0.555. The third kappa shape index (κ3) is 4.33. The first kappa shape index (κ1) is 10.9. The number of benzene rings is 1. The summed E-state index contributed by atoms with van der Waals surface area (Å²) in [6.07, 6.45) is 0. The second-order valence-corrected chi connectivity index (χ2v) is 2.18. The van der Waals surface area contributed by atoms with E-state index in [4.69, 9.17) is 0 Å². The normalized spacial score (nSPS) is 8.82. The Morgan fingerprint density at radius 2 is 1.64 bits per heavy atom. The third-order valence-corrected chi connectivity index (χ3v) is 1.24. The van der Waals surface area contributed by atoms with Gasteiger partial charge in [-0.15, -0.1) is 0 Å². The van der Waals surface area contributed by atoms with Gasteiger partial charge >= 0.3 is 0 Å². The van der Waals surface area contributed by atoms with E-state index in [1.54, 1.807) is 30.3 Å². The van der Waals surface area contributed by atoms with E-state index < -0.39 is 11.0 Å². The van der Waals surface area contributed by atoms with Crippen LogP contribution in [0.15, 0.2) is 30.3 Å². The van der Waals surface area contributed by atoms with Gasteiger partial charge in [-0.3, -0.25) is 0 Å². The molecule has 0 N–H and O–H groups in total. The SMILES string of the molecule is O=[S-](=O)Oc1ccccc1.[Zr]. The summed E-state index contributed by atoms with van der Waals surface area (Å²) in [7, 11) is -2.47. The van der Waals surface area contributed by atoms with Crippen molar-refractivity contribution in [2.75, 3.05) is 0 Å². The molecule has 0 amide bonds. The van der Waals surface area contributed by atoms with E-state index in [9.17, 15) is 8.42 Å². The molecule has 1 aromatic rings. The fourth-order valence-corrected chi connectivity index (χ4v) is 0.823. The minimum Gasteiger partial charge on any atom is -0.533 e. The molecule has 0 aromatic heterocycles. The quantitative estimate of drug-likeness (QED) is 0.741. The molecule has 5 heteroatoms. The summed E-state index contributed by atoms with van der Waals surface area (Å²) in [5, 5.41) is 0. The predicted molar refractivity (Wildman–Crippen MR) is 35.8 cm³/mol. The molecule has 0 spiro atoms. The van der Waals surface area contributed by atoms with Crippen molar-refractivity contribution in [1.82, 2.24) is 0 Å². The second kappa shape index (κ2) is 5.50. The fraction of sp³-hybridized carbons (Fsp3) is 0. The molecule has 0 aliphatic carbocycles. The van der Waals surface area contributed by atoms with Crippen LogP contribution in [0.3, 0.4) is 0 Å². The van der Waals surface area contributed by atoms with Crippen molar-refractivity contribution >= 4 is 11.0 Å². The summed E-state index contributed by atoms with van der Waals surface area (Å²) >= 11 is 0. The number of hydrogen-bond acceptors (Lipinski definition) is 4. The molecule has 0 saturated heterocycles. The van der Waals surface area contributed by atoms with Crippen LogP contribution in [0, 0.1) is 0 Å². The summed E-state index contributed by atoms with van der Waals surface area (Å²) in [6, 6.07) is 8.30. The van der Waals surface area contributed by atoms with Crippen LogP contribution < -0.4 is 4.18 Å². The molecular formula is C6H5O3SZr-. The minimum atomic E-state index is -2.47. The Labute approximate surface area is 85.7 Å². The monoisotopic (exact) mass is 247 g/mol. The smallest absolute Gasteiger partial charge is 0.103 e. The van der Waals surface area contributed by atoms with Crippen LogP contribution in [-0.4, -0.2) is 0 Å². The maximum atomic E-state index is 9.95. The molecule has 1 aromatic carbocycles. The Bertz CT molecular complexity index is 262. The third-order valence-electron chi connectivity index (χ3n) is 0.907. The van der Waals surface area contributed by atoms with Crippen LogP contribution in [0.4, 0.5) is 0 Å². The van der Waals surface area contributed by atoms with Gasteiger partial charge in [0.05, 0.1) is 0 Å². The van der Waals surface area contributed by atoms with Gasteiger partial charge in [0, 0.05) is 26.2 Å². The molecule has 0 unspecified atom stereocenters. The first-order valence-corrected chi connectivity index (χ1v) is 3.61. The molecule has 0 saturated carbocycles. The van der Waals surface area contributed by atoms with Gasteiger partial charge in [0.2, 0.25) is 0 Å². The van der Waals surface area contributed by atoms with E-state index in [0.29, 0.717) is 5.75 Å². The van der Waals surface area contributed by atoms with Gasteiger partial charge in [-0.1, -0.05) is 18.2 Å². The first-order chi connectivity index (χ1) is 4.79. The molecule has 0 heterocycles. The van der Waals surface area contributed by atoms with Crippen LogP contribution in [-0.2, 0) is 45.6 Å². The Morgan fingerprint density at radius 3 is 2.09 bits per heavy atom. The van der Waals surface area contributed by atoms with E-state index >= 15 is 0 Å². The standard InChI is InChI=1S/C6H5O3S.Zr/c7-10(8)9-6-4-2-1-3-5-6;/h1-5H;/q-1;. The van der Waals surface area contributed by atoms with Crippen molar-refractivity contribution in [1.29, 1.82) is 0 Å². The number of rotatable bonds is 2. The van der Waals surface area contributed by atoms with Gasteiger partial charge in [-0.2, -0.15) is 0 Å². The van der Waals surface area contributed by atoms with Crippen molar-refractivity contribution in [2.45, 2.75) is 0 Å². The van der Waals surface area contributed by atoms with E-state index in [2.05, 4.69) is 4.18 Å². The maximum absolute atomic E-state index is 9.95. The average Bonchev–Trinajstić information content (AvgIpc) is 1.88. The molecule has 0 bridgehead atoms. The van der Waals surface area contributed by atoms with E-state index in [1.807, 2.05) is 0 Å². The second-order valence-electron chi connectivity index (χ2n) is 1.60. The van der Waals surface area contributed by atoms with E-state index in [0.717, 1.165) is 0 Å². The Hall–Kier alpha value is -0.147. The van der Waals surface area contributed by atoms with Gasteiger partial charge in [0.1, 0.15) is 16.7 Å². The maximum Gasteiger partial charge on any atom is 0.103 e. The van der Waals surface area contributed by atoms with Crippen LogP contribution in [0.5, 0.6) is 5.75 Å². The largest absolute Gasteiger partial charge is 0.533 e. The molecule has 3 nitrogen and oxygen atoms in total. The summed E-state index contributed by atoms with van der Waals surface area (Å²) in [4.78, 5) is 0. The molecular weight excluding hydrogens is 243 g/mol. The van der Waals surface area contributed by atoms with Crippen LogP contribution in [0.25, 0.3) is 0 Å². The topological polar surface area (TPSA) is 43.4 Å². The summed E-state index contributed by atoms with van der Waals surface area (Å²) in [6.45, 7) is 0. The molecule has 0 radical (unpaired) electrons. The number of para-hydroxylation sites is 1. The molecule has 11 heavy (non-hydrogen) atoms. The van der Waals surface area contributed by atoms with Gasteiger partial charge in [-0.05, 0) is 12.1 Å². The molecule has 58 valence electrons. The van der Waals surface area contributed by atoms with Gasteiger partial charge < -0.3 is 12.6 Å². The van der Waals surface area contributed by atoms with Crippen molar-refractivity contribution in [3.8, 4) is 5.75 Å². The first-order valence-electron chi connectivity index (χ1n) is 2.61. The van der Waals surface area contributed by atoms with Crippen molar-refractivity contribution < 1.29 is 38.8 Å².